The molecule has 0 radical (unpaired) electrons. The van der Waals surface area contributed by atoms with Gasteiger partial charge in [0.2, 0.25) is 5.91 Å². The van der Waals surface area contributed by atoms with Gasteiger partial charge >= 0.3 is 0 Å². The maximum Gasteiger partial charge on any atom is 0.222 e. The largest absolute Gasteiger partial charge is 0.491 e. The lowest BCUT2D eigenvalue weighted by Gasteiger charge is -2.29. The van der Waals surface area contributed by atoms with Crippen molar-refractivity contribution in [3.63, 3.8) is 0 Å². The van der Waals surface area contributed by atoms with Gasteiger partial charge in [0.05, 0.1) is 12.7 Å². The Morgan fingerprint density at radius 1 is 1.35 bits per heavy atom. The maximum atomic E-state index is 13.3. The van der Waals surface area contributed by atoms with Crippen LogP contribution in [0.1, 0.15) is 25.7 Å². The number of hydrogen-bond acceptors (Lipinski definition) is 3. The van der Waals surface area contributed by atoms with Gasteiger partial charge in [0, 0.05) is 19.5 Å². The topological polar surface area (TPSA) is 49.8 Å². The summed E-state index contributed by atoms with van der Waals surface area (Å²) in [6.07, 6.45) is 1.98. The third-order valence-electron chi connectivity index (χ3n) is 3.45. The zero-order chi connectivity index (χ0) is 14.4. The summed E-state index contributed by atoms with van der Waals surface area (Å²) in [6.45, 7) is 1.56. The predicted molar refractivity (Wildman–Crippen MR) is 72.9 cm³/mol. The van der Waals surface area contributed by atoms with Gasteiger partial charge < -0.3 is 14.7 Å². The molecule has 1 amide bonds. The zero-order valence-corrected chi connectivity index (χ0v) is 11.4. The first-order chi connectivity index (χ1) is 9.66. The Morgan fingerprint density at radius 3 is 2.75 bits per heavy atom. The summed E-state index contributed by atoms with van der Waals surface area (Å²) >= 11 is 0. The summed E-state index contributed by atoms with van der Waals surface area (Å²) in [7, 11) is 0. The summed E-state index contributed by atoms with van der Waals surface area (Å²) in [5.41, 5.74) is 0. The Morgan fingerprint density at radius 2 is 2.05 bits per heavy atom. The van der Waals surface area contributed by atoms with E-state index in [1.54, 1.807) is 23.1 Å². The van der Waals surface area contributed by atoms with E-state index in [1.807, 2.05) is 0 Å². The number of aliphatic hydroxyl groups is 1. The van der Waals surface area contributed by atoms with E-state index in [0.717, 1.165) is 0 Å². The van der Waals surface area contributed by atoms with E-state index >= 15 is 0 Å². The van der Waals surface area contributed by atoms with Gasteiger partial charge in [-0.2, -0.15) is 0 Å². The number of piperidine rings is 1. The van der Waals surface area contributed by atoms with E-state index in [4.69, 9.17) is 4.74 Å². The molecule has 0 unspecified atom stereocenters. The minimum atomic E-state index is -0.385. The number of carbonyl (C=O) groups is 1. The van der Waals surface area contributed by atoms with Gasteiger partial charge in [-0.15, -0.1) is 0 Å². The number of hydrogen-bond donors (Lipinski definition) is 1. The second-order valence-corrected chi connectivity index (χ2v) is 4.99. The number of ether oxygens (including phenoxy) is 1. The number of rotatable bonds is 5. The molecule has 0 aromatic heterocycles. The van der Waals surface area contributed by atoms with Crippen LogP contribution >= 0.6 is 0 Å². The van der Waals surface area contributed by atoms with Crippen molar-refractivity contribution in [3.8, 4) is 5.75 Å². The molecule has 20 heavy (non-hydrogen) atoms. The molecule has 0 atom stereocenters. The lowest BCUT2D eigenvalue weighted by atomic mass is 10.1. The van der Waals surface area contributed by atoms with Crippen LogP contribution in [0, 0.1) is 5.82 Å². The van der Waals surface area contributed by atoms with Crippen LogP contribution in [0.3, 0.4) is 0 Å². The number of halogens is 1. The molecule has 0 saturated carbocycles. The highest BCUT2D eigenvalue weighted by atomic mass is 19.1. The molecule has 1 heterocycles. The highest BCUT2D eigenvalue weighted by Crippen LogP contribution is 2.16. The Balaban J connectivity index is 1.66. The highest BCUT2D eigenvalue weighted by Gasteiger charge is 2.20. The first kappa shape index (κ1) is 14.8. The molecule has 0 spiro atoms. The third kappa shape index (κ3) is 4.20. The molecule has 0 bridgehead atoms. The van der Waals surface area contributed by atoms with Gasteiger partial charge in [0.1, 0.15) is 0 Å². The Labute approximate surface area is 118 Å². The van der Waals surface area contributed by atoms with Crippen molar-refractivity contribution in [2.75, 3.05) is 19.7 Å². The molecule has 1 aromatic carbocycles. The second-order valence-electron chi connectivity index (χ2n) is 4.99. The molecule has 5 heteroatoms. The summed E-state index contributed by atoms with van der Waals surface area (Å²) in [4.78, 5) is 13.7. The van der Waals surface area contributed by atoms with Crippen LogP contribution in [0.15, 0.2) is 24.3 Å². The zero-order valence-electron chi connectivity index (χ0n) is 11.4. The number of benzene rings is 1. The van der Waals surface area contributed by atoms with Gasteiger partial charge in [-0.3, -0.25) is 4.79 Å². The van der Waals surface area contributed by atoms with Crippen molar-refractivity contribution in [2.45, 2.75) is 31.8 Å². The fourth-order valence-electron chi connectivity index (χ4n) is 2.24. The van der Waals surface area contributed by atoms with Crippen molar-refractivity contribution >= 4 is 5.91 Å². The van der Waals surface area contributed by atoms with E-state index in [-0.39, 0.29) is 23.6 Å². The average Bonchev–Trinajstić information content (AvgIpc) is 2.46. The van der Waals surface area contributed by atoms with E-state index in [2.05, 4.69) is 0 Å². The second kappa shape index (κ2) is 7.24. The maximum absolute atomic E-state index is 13.3. The van der Waals surface area contributed by atoms with E-state index in [0.29, 0.717) is 45.4 Å². The molecule has 1 aromatic rings. The van der Waals surface area contributed by atoms with Gasteiger partial charge in [-0.05, 0) is 31.4 Å². The van der Waals surface area contributed by atoms with Crippen LogP contribution in [0.2, 0.25) is 0 Å². The molecule has 2 rings (SSSR count). The monoisotopic (exact) mass is 281 g/mol. The Kier molecular flexibility index (Phi) is 5.35. The summed E-state index contributed by atoms with van der Waals surface area (Å²) < 4.78 is 18.6. The lowest BCUT2D eigenvalue weighted by molar-refractivity contribution is -0.133. The van der Waals surface area contributed by atoms with Crippen LogP contribution in [-0.4, -0.2) is 41.7 Å². The number of likely N-dealkylation sites (tertiary alicyclic amines) is 1. The summed E-state index contributed by atoms with van der Waals surface area (Å²) in [5.74, 6) is -0.0843. The molecule has 4 nitrogen and oxygen atoms in total. The number of nitrogens with zero attached hydrogens (tertiary/aromatic N) is 1. The Hall–Kier alpha value is -1.62. The molecule has 0 aliphatic carbocycles. The van der Waals surface area contributed by atoms with Gasteiger partial charge in [0.25, 0.3) is 0 Å². The fraction of sp³-hybridized carbons (Fsp3) is 0.533. The molecule has 1 fully saturated rings. The Bertz CT molecular complexity index is 444. The normalized spacial score (nSPS) is 16.2. The van der Waals surface area contributed by atoms with Crippen molar-refractivity contribution in [3.05, 3.63) is 30.1 Å². The predicted octanol–water partition coefficient (Wildman–Crippen LogP) is 1.97. The first-order valence-corrected chi connectivity index (χ1v) is 7.00. The average molecular weight is 281 g/mol. The molecule has 110 valence electrons. The summed E-state index contributed by atoms with van der Waals surface area (Å²) in [5, 5.41) is 9.38. The quantitative estimate of drug-likeness (QED) is 0.839. The van der Waals surface area contributed by atoms with Crippen LogP contribution in [0.4, 0.5) is 4.39 Å². The van der Waals surface area contributed by atoms with Crippen LogP contribution < -0.4 is 4.74 Å². The van der Waals surface area contributed by atoms with Crippen molar-refractivity contribution in [1.82, 2.24) is 4.90 Å². The summed E-state index contributed by atoms with van der Waals surface area (Å²) in [6, 6.07) is 6.24. The van der Waals surface area contributed by atoms with E-state index in [1.165, 1.54) is 6.07 Å². The van der Waals surface area contributed by atoms with Crippen LogP contribution in [0.5, 0.6) is 5.75 Å². The number of para-hydroxylation sites is 1. The molecular formula is C15H20FNO3. The minimum Gasteiger partial charge on any atom is -0.491 e. The van der Waals surface area contributed by atoms with Crippen LogP contribution in [-0.2, 0) is 4.79 Å². The number of amides is 1. The minimum absolute atomic E-state index is 0.0778. The van der Waals surface area contributed by atoms with Gasteiger partial charge in [-0.25, -0.2) is 4.39 Å². The van der Waals surface area contributed by atoms with Crippen molar-refractivity contribution in [1.29, 1.82) is 0 Å². The van der Waals surface area contributed by atoms with Gasteiger partial charge in [0.15, 0.2) is 11.6 Å². The van der Waals surface area contributed by atoms with E-state index < -0.39 is 0 Å². The van der Waals surface area contributed by atoms with Crippen LogP contribution in [0.25, 0.3) is 0 Å². The first-order valence-electron chi connectivity index (χ1n) is 7.00. The number of aliphatic hydroxyl groups excluding tert-OH is 1. The highest BCUT2D eigenvalue weighted by molar-refractivity contribution is 5.76. The fourth-order valence-corrected chi connectivity index (χ4v) is 2.24. The molecular weight excluding hydrogens is 261 g/mol. The van der Waals surface area contributed by atoms with Crippen molar-refractivity contribution in [2.24, 2.45) is 0 Å². The molecule has 1 aliphatic rings. The SMILES string of the molecule is O=C(CCCOc1ccccc1F)N1CCC(O)CC1. The molecule has 1 aliphatic heterocycles. The standard InChI is InChI=1S/C15H20FNO3/c16-13-4-1-2-5-14(13)20-11-3-6-15(19)17-9-7-12(18)8-10-17/h1-2,4-5,12,18H,3,6-11H2. The van der Waals surface area contributed by atoms with Crippen molar-refractivity contribution < 1.29 is 19.0 Å². The number of carbonyl (C=O) groups excluding carboxylic acids is 1. The smallest absolute Gasteiger partial charge is 0.222 e. The van der Waals surface area contributed by atoms with E-state index in [9.17, 15) is 14.3 Å². The lowest BCUT2D eigenvalue weighted by Crippen LogP contribution is -2.40. The molecule has 1 saturated heterocycles. The van der Waals surface area contributed by atoms with Gasteiger partial charge in [-0.1, -0.05) is 12.1 Å². The molecule has 1 N–H and O–H groups in total. The third-order valence-corrected chi connectivity index (χ3v) is 3.45.